The van der Waals surface area contributed by atoms with Crippen molar-refractivity contribution in [1.82, 2.24) is 5.32 Å². The minimum Gasteiger partial charge on any atom is -0.352 e. The molecule has 1 N–H and O–H groups in total. The number of carbonyl (C=O) groups excluding carboxylic acids is 1. The van der Waals surface area contributed by atoms with Gasteiger partial charge in [-0.1, -0.05) is 45.9 Å². The molecule has 0 atom stereocenters. The molecule has 0 spiro atoms. The molecule has 0 fully saturated rings. The third-order valence-corrected chi connectivity index (χ3v) is 3.05. The summed E-state index contributed by atoms with van der Waals surface area (Å²) in [5.74, 6) is 1.07. The Morgan fingerprint density at radius 2 is 1.89 bits per heavy atom. The first-order chi connectivity index (χ1) is 8.40. The van der Waals surface area contributed by atoms with E-state index < -0.39 is 0 Å². The fourth-order valence-corrected chi connectivity index (χ4v) is 2.07. The lowest BCUT2D eigenvalue weighted by Crippen LogP contribution is -2.24. The summed E-state index contributed by atoms with van der Waals surface area (Å²) >= 11 is 0. The molecule has 1 aromatic rings. The van der Waals surface area contributed by atoms with Crippen molar-refractivity contribution in [3.05, 3.63) is 34.9 Å². The van der Waals surface area contributed by atoms with Gasteiger partial charge in [0.15, 0.2) is 0 Å². The molecule has 2 heteroatoms. The van der Waals surface area contributed by atoms with E-state index in [0.717, 1.165) is 0 Å². The number of hydrogen-bond donors (Lipinski definition) is 1. The van der Waals surface area contributed by atoms with Gasteiger partial charge in [0.05, 0.1) is 0 Å². The molecule has 0 aromatic heterocycles. The van der Waals surface area contributed by atoms with Crippen LogP contribution < -0.4 is 5.32 Å². The molecule has 0 unspecified atom stereocenters. The standard InChI is InChI=1S/C16H25NO/c1-11(2)8-16(18)17-10-14-7-6-13(5)15(9-14)12(3)4/h6-7,9,11-12H,8,10H2,1-5H3,(H,17,18). The monoisotopic (exact) mass is 247 g/mol. The van der Waals surface area contributed by atoms with Crippen molar-refractivity contribution >= 4 is 5.91 Å². The van der Waals surface area contributed by atoms with Gasteiger partial charge in [-0.2, -0.15) is 0 Å². The highest BCUT2D eigenvalue weighted by Gasteiger charge is 2.07. The van der Waals surface area contributed by atoms with Gasteiger partial charge in [-0.25, -0.2) is 0 Å². The van der Waals surface area contributed by atoms with Gasteiger partial charge in [0.1, 0.15) is 0 Å². The van der Waals surface area contributed by atoms with Gasteiger partial charge < -0.3 is 5.32 Å². The van der Waals surface area contributed by atoms with E-state index in [0.29, 0.717) is 24.8 Å². The average Bonchev–Trinajstić information content (AvgIpc) is 2.26. The predicted octanol–water partition coefficient (Wildman–Crippen LogP) is 3.78. The quantitative estimate of drug-likeness (QED) is 0.843. The summed E-state index contributed by atoms with van der Waals surface area (Å²) in [6, 6.07) is 6.44. The Bertz CT molecular complexity index is 408. The van der Waals surface area contributed by atoms with Crippen molar-refractivity contribution in [2.24, 2.45) is 5.92 Å². The third kappa shape index (κ3) is 4.52. The predicted molar refractivity (Wildman–Crippen MR) is 76.6 cm³/mol. The Morgan fingerprint density at radius 1 is 1.22 bits per heavy atom. The Hall–Kier alpha value is -1.31. The van der Waals surface area contributed by atoms with E-state index >= 15 is 0 Å². The van der Waals surface area contributed by atoms with Crippen molar-refractivity contribution in [3.8, 4) is 0 Å². The maximum Gasteiger partial charge on any atom is 0.220 e. The number of amides is 1. The number of benzene rings is 1. The smallest absolute Gasteiger partial charge is 0.220 e. The van der Waals surface area contributed by atoms with Crippen LogP contribution in [-0.4, -0.2) is 5.91 Å². The molecule has 1 rings (SSSR count). The number of carbonyl (C=O) groups is 1. The Kier molecular flexibility index (Phi) is 5.39. The SMILES string of the molecule is Cc1ccc(CNC(=O)CC(C)C)cc1C(C)C. The van der Waals surface area contributed by atoms with E-state index in [1.54, 1.807) is 0 Å². The van der Waals surface area contributed by atoms with Crippen LogP contribution in [-0.2, 0) is 11.3 Å². The molecule has 0 aliphatic rings. The van der Waals surface area contributed by atoms with Crippen LogP contribution in [0.15, 0.2) is 18.2 Å². The van der Waals surface area contributed by atoms with Crippen LogP contribution in [0.5, 0.6) is 0 Å². The van der Waals surface area contributed by atoms with Crippen molar-refractivity contribution in [1.29, 1.82) is 0 Å². The molecule has 0 aliphatic carbocycles. The lowest BCUT2D eigenvalue weighted by Gasteiger charge is -2.13. The van der Waals surface area contributed by atoms with E-state index in [2.05, 4.69) is 58.1 Å². The molecule has 0 heterocycles. The lowest BCUT2D eigenvalue weighted by molar-refractivity contribution is -0.121. The first-order valence-corrected chi connectivity index (χ1v) is 6.76. The second-order valence-corrected chi connectivity index (χ2v) is 5.72. The van der Waals surface area contributed by atoms with Crippen LogP contribution in [0.1, 0.15) is 56.7 Å². The van der Waals surface area contributed by atoms with Crippen LogP contribution in [0.4, 0.5) is 0 Å². The average molecular weight is 247 g/mol. The molecule has 1 amide bonds. The zero-order chi connectivity index (χ0) is 13.7. The molecule has 100 valence electrons. The van der Waals surface area contributed by atoms with E-state index in [4.69, 9.17) is 0 Å². The van der Waals surface area contributed by atoms with Gasteiger partial charge in [0.2, 0.25) is 5.91 Å². The zero-order valence-corrected chi connectivity index (χ0v) is 12.2. The molecule has 0 saturated carbocycles. The summed E-state index contributed by atoms with van der Waals surface area (Å²) in [7, 11) is 0. The Morgan fingerprint density at radius 3 is 2.44 bits per heavy atom. The molecule has 0 bridgehead atoms. The van der Waals surface area contributed by atoms with Crippen molar-refractivity contribution < 1.29 is 4.79 Å². The Labute approximate surface area is 111 Å². The normalized spacial score (nSPS) is 11.1. The zero-order valence-electron chi connectivity index (χ0n) is 12.2. The molecule has 1 aromatic carbocycles. The number of hydrogen-bond acceptors (Lipinski definition) is 1. The highest BCUT2D eigenvalue weighted by atomic mass is 16.1. The lowest BCUT2D eigenvalue weighted by atomic mass is 9.96. The Balaban J connectivity index is 2.63. The fourth-order valence-electron chi connectivity index (χ4n) is 2.07. The van der Waals surface area contributed by atoms with E-state index in [-0.39, 0.29) is 5.91 Å². The topological polar surface area (TPSA) is 29.1 Å². The van der Waals surface area contributed by atoms with Gasteiger partial charge in [0.25, 0.3) is 0 Å². The van der Waals surface area contributed by atoms with Gasteiger partial charge in [0, 0.05) is 13.0 Å². The number of nitrogens with one attached hydrogen (secondary N) is 1. The molecule has 18 heavy (non-hydrogen) atoms. The van der Waals surface area contributed by atoms with Crippen molar-refractivity contribution in [2.45, 2.75) is 53.5 Å². The van der Waals surface area contributed by atoms with Crippen LogP contribution in [0.2, 0.25) is 0 Å². The van der Waals surface area contributed by atoms with Crippen molar-refractivity contribution in [3.63, 3.8) is 0 Å². The van der Waals surface area contributed by atoms with Gasteiger partial charge in [-0.05, 0) is 35.4 Å². The minimum absolute atomic E-state index is 0.136. The summed E-state index contributed by atoms with van der Waals surface area (Å²) in [5, 5.41) is 2.98. The summed E-state index contributed by atoms with van der Waals surface area (Å²) in [6.45, 7) is 11.3. The highest BCUT2D eigenvalue weighted by molar-refractivity contribution is 5.76. The first-order valence-electron chi connectivity index (χ1n) is 6.76. The van der Waals surface area contributed by atoms with Crippen LogP contribution >= 0.6 is 0 Å². The van der Waals surface area contributed by atoms with E-state index in [1.165, 1.54) is 16.7 Å². The highest BCUT2D eigenvalue weighted by Crippen LogP contribution is 2.20. The minimum atomic E-state index is 0.136. The number of aryl methyl sites for hydroxylation is 1. The second-order valence-electron chi connectivity index (χ2n) is 5.72. The van der Waals surface area contributed by atoms with Crippen LogP contribution in [0, 0.1) is 12.8 Å². The summed E-state index contributed by atoms with van der Waals surface area (Å²) < 4.78 is 0. The molecular formula is C16H25NO. The first kappa shape index (κ1) is 14.7. The molecule has 0 radical (unpaired) electrons. The maximum absolute atomic E-state index is 11.6. The van der Waals surface area contributed by atoms with Gasteiger partial charge in [-0.15, -0.1) is 0 Å². The molecular weight excluding hydrogens is 222 g/mol. The summed E-state index contributed by atoms with van der Waals surface area (Å²) in [4.78, 5) is 11.6. The molecule has 0 saturated heterocycles. The number of rotatable bonds is 5. The molecule has 2 nitrogen and oxygen atoms in total. The van der Waals surface area contributed by atoms with Crippen LogP contribution in [0.25, 0.3) is 0 Å². The maximum atomic E-state index is 11.6. The van der Waals surface area contributed by atoms with Gasteiger partial charge >= 0.3 is 0 Å². The molecule has 0 aliphatic heterocycles. The van der Waals surface area contributed by atoms with Crippen molar-refractivity contribution in [2.75, 3.05) is 0 Å². The van der Waals surface area contributed by atoms with Crippen LogP contribution in [0.3, 0.4) is 0 Å². The van der Waals surface area contributed by atoms with E-state index in [1.807, 2.05) is 0 Å². The second kappa shape index (κ2) is 6.58. The summed E-state index contributed by atoms with van der Waals surface area (Å²) in [6.07, 6.45) is 0.600. The van der Waals surface area contributed by atoms with E-state index in [9.17, 15) is 4.79 Å². The fraction of sp³-hybridized carbons (Fsp3) is 0.562. The van der Waals surface area contributed by atoms with Gasteiger partial charge in [-0.3, -0.25) is 4.79 Å². The summed E-state index contributed by atoms with van der Waals surface area (Å²) in [5.41, 5.74) is 3.87. The third-order valence-electron chi connectivity index (χ3n) is 3.05. The largest absolute Gasteiger partial charge is 0.352 e.